The van der Waals surface area contributed by atoms with Gasteiger partial charge in [0.25, 0.3) is 0 Å². The van der Waals surface area contributed by atoms with Crippen molar-refractivity contribution in [1.29, 1.82) is 0 Å². The van der Waals surface area contributed by atoms with E-state index in [4.69, 9.17) is 0 Å². The molecule has 0 aliphatic carbocycles. The van der Waals surface area contributed by atoms with E-state index >= 15 is 0 Å². The molecule has 0 aliphatic heterocycles. The molecule has 14 aromatic rings. The SMILES string of the molecule is CC.CC.CC.Cc1c2ccccc2cc2ccccc12.Cc1cc2ccccc2c2ccccc12.c1ccc(-c2ccccc2)cc1.c1ccc2c(c1)ccc1ccccc12.c1ccc2cc3ccccc3cc2c1. The Morgan fingerprint density at radius 2 is 0.408 bits per heavy atom. The minimum absolute atomic E-state index is 1.28. The van der Waals surface area contributed by atoms with Crippen LogP contribution in [0.2, 0.25) is 0 Å². The zero-order valence-corrected chi connectivity index (χ0v) is 45.7. The van der Waals surface area contributed by atoms with Crippen molar-refractivity contribution >= 4 is 86.2 Å². The van der Waals surface area contributed by atoms with Crippen molar-refractivity contribution in [1.82, 2.24) is 0 Å². The first kappa shape index (κ1) is 54.9. The minimum Gasteiger partial charge on any atom is -0.0683 e. The Labute approximate surface area is 452 Å². The lowest BCUT2D eigenvalue weighted by molar-refractivity contribution is 1.50. The molecule has 0 atom stereocenters. The molecule has 0 aliphatic rings. The highest BCUT2D eigenvalue weighted by Gasteiger charge is 2.04. The Balaban J connectivity index is 0.000000135. The Bertz CT molecular complexity index is 3730. The molecule has 0 heterocycles. The molecule has 14 aromatic carbocycles. The van der Waals surface area contributed by atoms with E-state index in [9.17, 15) is 0 Å². The van der Waals surface area contributed by atoms with E-state index in [2.05, 4.69) is 293 Å². The molecule has 0 N–H and O–H groups in total. The van der Waals surface area contributed by atoms with E-state index < -0.39 is 0 Å². The topological polar surface area (TPSA) is 0 Å². The molecule has 0 amide bonds. The summed E-state index contributed by atoms with van der Waals surface area (Å²) < 4.78 is 0. The lowest BCUT2D eigenvalue weighted by atomic mass is 9.98. The third kappa shape index (κ3) is 13.7. The van der Waals surface area contributed by atoms with Crippen molar-refractivity contribution in [3.05, 3.63) is 302 Å². The second-order valence-electron chi connectivity index (χ2n) is 17.7. The molecule has 0 unspecified atom stereocenters. The van der Waals surface area contributed by atoms with E-state index in [0.29, 0.717) is 0 Å². The highest BCUT2D eigenvalue weighted by molar-refractivity contribution is 6.09. The number of hydrogen-bond donors (Lipinski definition) is 0. The molecule has 0 radical (unpaired) electrons. The van der Waals surface area contributed by atoms with E-state index in [-0.39, 0.29) is 0 Å². The van der Waals surface area contributed by atoms with E-state index in [1.54, 1.807) is 0 Å². The first-order valence-corrected chi connectivity index (χ1v) is 27.2. The van der Waals surface area contributed by atoms with Crippen LogP contribution in [0.15, 0.2) is 291 Å². The van der Waals surface area contributed by atoms with Crippen molar-refractivity contribution in [2.24, 2.45) is 0 Å². The molecule has 0 fully saturated rings. The van der Waals surface area contributed by atoms with E-state index in [1.807, 2.05) is 53.7 Å². The minimum atomic E-state index is 1.28. The van der Waals surface area contributed by atoms with Crippen LogP contribution in [-0.2, 0) is 0 Å². The smallest absolute Gasteiger partial charge is 0.0103 e. The lowest BCUT2D eigenvalue weighted by Crippen LogP contribution is -1.81. The van der Waals surface area contributed by atoms with Crippen LogP contribution in [0.3, 0.4) is 0 Å². The van der Waals surface area contributed by atoms with Crippen LogP contribution in [0.5, 0.6) is 0 Å². The average molecular weight is 985 g/mol. The molecule has 0 saturated heterocycles. The summed E-state index contributed by atoms with van der Waals surface area (Å²) in [6.45, 7) is 16.4. The van der Waals surface area contributed by atoms with Gasteiger partial charge in [-0.25, -0.2) is 0 Å². The molecule has 0 nitrogen and oxygen atoms in total. The van der Waals surface area contributed by atoms with Crippen molar-refractivity contribution in [2.45, 2.75) is 55.4 Å². The fraction of sp³-hybridized carbons (Fsp3) is 0.105. The van der Waals surface area contributed by atoms with Crippen LogP contribution in [0.4, 0.5) is 0 Å². The third-order valence-corrected chi connectivity index (χ3v) is 13.2. The summed E-state index contributed by atoms with van der Waals surface area (Å²) >= 11 is 0. The summed E-state index contributed by atoms with van der Waals surface area (Å²) in [5.74, 6) is 0. The van der Waals surface area contributed by atoms with E-state index in [0.717, 1.165) is 0 Å². The molecule has 14 rings (SSSR count). The standard InChI is InChI=1S/2C15H12.2C14H10.C12H10.3C2H6/c1-11-14-8-4-2-6-12(14)10-13-7-3-5-9-15(11)13;1-11-10-12-6-2-3-8-14(12)15-9-5-4-7-13(11)15;1-3-7-13-11(5-1)9-10-12-6-2-4-8-14(12)13;1-2-6-12-10-14-8-4-3-7-13(14)9-11(12)5-1;1-3-7-11(8-4-1)12-9-5-2-6-10-12;3*1-2/h2*2-10H,1H3;2*1-10H;1-10H;3*1-2H3. The normalized spacial score (nSPS) is 10.1. The molecule has 76 heavy (non-hydrogen) atoms. The van der Waals surface area contributed by atoms with Gasteiger partial charge in [0.2, 0.25) is 0 Å². The predicted molar refractivity (Wildman–Crippen MR) is 341 cm³/mol. The van der Waals surface area contributed by atoms with Crippen LogP contribution in [-0.4, -0.2) is 0 Å². The molecule has 0 saturated carbocycles. The molecule has 0 spiro atoms. The lowest BCUT2D eigenvalue weighted by Gasteiger charge is -2.06. The van der Waals surface area contributed by atoms with Gasteiger partial charge in [-0.3, -0.25) is 0 Å². The summed E-state index contributed by atoms with van der Waals surface area (Å²) in [7, 11) is 0. The maximum absolute atomic E-state index is 2.26. The molecule has 0 heteroatoms. The van der Waals surface area contributed by atoms with Gasteiger partial charge in [0, 0.05) is 0 Å². The van der Waals surface area contributed by atoms with Crippen LogP contribution >= 0.6 is 0 Å². The number of fused-ring (bicyclic) bond motifs is 10. The highest BCUT2D eigenvalue weighted by Crippen LogP contribution is 2.30. The van der Waals surface area contributed by atoms with Gasteiger partial charge in [0.1, 0.15) is 0 Å². The maximum atomic E-state index is 2.26. The zero-order chi connectivity index (χ0) is 53.5. The molecule has 376 valence electrons. The van der Waals surface area contributed by atoms with Gasteiger partial charge in [0.15, 0.2) is 0 Å². The quantitative estimate of drug-likeness (QED) is 0.114. The summed E-state index contributed by atoms with van der Waals surface area (Å²) in [5.41, 5.74) is 5.28. The highest BCUT2D eigenvalue weighted by atomic mass is 14.1. The van der Waals surface area contributed by atoms with Crippen LogP contribution in [0.25, 0.3) is 97.3 Å². The Hall–Kier alpha value is -8.84. The van der Waals surface area contributed by atoms with Crippen molar-refractivity contribution in [2.75, 3.05) is 0 Å². The zero-order valence-electron chi connectivity index (χ0n) is 45.7. The second-order valence-corrected chi connectivity index (χ2v) is 17.7. The first-order valence-electron chi connectivity index (χ1n) is 27.2. The van der Waals surface area contributed by atoms with Crippen LogP contribution < -0.4 is 0 Å². The summed E-state index contributed by atoms with van der Waals surface area (Å²) in [5, 5.41) is 21.3. The largest absolute Gasteiger partial charge is 0.0683 e. The number of rotatable bonds is 1. The van der Waals surface area contributed by atoms with E-state index in [1.165, 1.54) is 108 Å². The summed E-state index contributed by atoms with van der Waals surface area (Å²) in [6.07, 6.45) is 0. The summed E-state index contributed by atoms with van der Waals surface area (Å²) in [6, 6.07) is 102. The van der Waals surface area contributed by atoms with Gasteiger partial charge >= 0.3 is 0 Å². The fourth-order valence-electron chi connectivity index (χ4n) is 9.58. The van der Waals surface area contributed by atoms with Crippen molar-refractivity contribution < 1.29 is 0 Å². The van der Waals surface area contributed by atoms with Gasteiger partial charge in [0.05, 0.1) is 0 Å². The van der Waals surface area contributed by atoms with Gasteiger partial charge in [-0.05, 0) is 140 Å². The molecule has 0 aromatic heterocycles. The average Bonchev–Trinajstić information content (AvgIpc) is 3.51. The van der Waals surface area contributed by atoms with Gasteiger partial charge in [-0.1, -0.05) is 315 Å². The van der Waals surface area contributed by atoms with Crippen molar-refractivity contribution in [3.8, 4) is 11.1 Å². The number of benzene rings is 14. The first-order chi connectivity index (χ1) is 37.6. The monoisotopic (exact) mass is 985 g/mol. The molecular formula is C76H72. The van der Waals surface area contributed by atoms with Gasteiger partial charge in [-0.2, -0.15) is 0 Å². The fourth-order valence-corrected chi connectivity index (χ4v) is 9.58. The Kier molecular flexibility index (Phi) is 20.6. The third-order valence-electron chi connectivity index (χ3n) is 13.2. The van der Waals surface area contributed by atoms with Gasteiger partial charge in [-0.15, -0.1) is 0 Å². The maximum Gasteiger partial charge on any atom is -0.0103 e. The molecular weight excluding hydrogens is 913 g/mol. The van der Waals surface area contributed by atoms with Crippen LogP contribution in [0.1, 0.15) is 52.7 Å². The number of hydrogen-bond acceptors (Lipinski definition) is 0. The summed E-state index contributed by atoms with van der Waals surface area (Å²) in [4.78, 5) is 0. The number of aryl methyl sites for hydroxylation is 2. The Morgan fingerprint density at radius 3 is 0.776 bits per heavy atom. The predicted octanol–water partition coefficient (Wildman–Crippen LogP) is 23.0. The second kappa shape index (κ2) is 28.6. The van der Waals surface area contributed by atoms with Crippen molar-refractivity contribution in [3.63, 3.8) is 0 Å². The van der Waals surface area contributed by atoms with Gasteiger partial charge < -0.3 is 0 Å². The van der Waals surface area contributed by atoms with Crippen LogP contribution in [0, 0.1) is 13.8 Å². The molecule has 0 bridgehead atoms. The Morgan fingerprint density at radius 1 is 0.171 bits per heavy atom.